The summed E-state index contributed by atoms with van der Waals surface area (Å²) in [4.78, 5) is 19.7. The number of halogens is 1. The molecule has 0 bridgehead atoms. The molecule has 4 rings (SSSR count). The molecular formula is C16H22IN5O3S. The van der Waals surface area contributed by atoms with Crippen LogP contribution in [0.3, 0.4) is 0 Å². The fourth-order valence-electron chi connectivity index (χ4n) is 3.50. The molecule has 4 heterocycles. The third-order valence-electron chi connectivity index (χ3n) is 4.59. The van der Waals surface area contributed by atoms with Crippen LogP contribution in [-0.4, -0.2) is 58.1 Å². The predicted octanol–water partition coefficient (Wildman–Crippen LogP) is 2.51. The maximum Gasteiger partial charge on any atom is 0.407 e. The van der Waals surface area contributed by atoms with Crippen molar-refractivity contribution in [2.45, 2.75) is 44.9 Å². The number of hydrogen-bond donors (Lipinski definition) is 1. The van der Waals surface area contributed by atoms with E-state index >= 15 is 0 Å². The standard InChI is InChI=1S/C16H22IN5O3S/c1-16(2,3)25-15(23)19-10-4-5-24-11-8-21(7-9(10)11)14-20-22-12(17)6-18-13(22)26-14/h6,9-11H,4-5,7-8H2,1-3H3,(H,19,23)/t9?,10-,11?/m0/s1. The van der Waals surface area contributed by atoms with Crippen LogP contribution in [0.2, 0.25) is 0 Å². The van der Waals surface area contributed by atoms with Crippen molar-refractivity contribution in [3.8, 4) is 0 Å². The highest BCUT2D eigenvalue weighted by Gasteiger charge is 2.43. The zero-order valence-electron chi connectivity index (χ0n) is 14.9. The number of alkyl carbamates (subject to hydrolysis) is 1. The first-order valence-corrected chi connectivity index (χ1v) is 10.6. The number of amides is 1. The van der Waals surface area contributed by atoms with Gasteiger partial charge in [0.25, 0.3) is 0 Å². The van der Waals surface area contributed by atoms with E-state index in [4.69, 9.17) is 9.47 Å². The average Bonchev–Trinajstić information content (AvgIpc) is 3.21. The molecule has 10 heteroatoms. The van der Waals surface area contributed by atoms with Crippen LogP contribution in [0.1, 0.15) is 27.2 Å². The average molecular weight is 491 g/mol. The van der Waals surface area contributed by atoms with Crippen LogP contribution in [0, 0.1) is 9.62 Å². The first kappa shape index (κ1) is 18.2. The Morgan fingerprint density at radius 1 is 1.46 bits per heavy atom. The van der Waals surface area contributed by atoms with Crippen molar-refractivity contribution >= 4 is 50.1 Å². The highest BCUT2D eigenvalue weighted by Crippen LogP contribution is 2.34. The highest BCUT2D eigenvalue weighted by molar-refractivity contribution is 14.1. The van der Waals surface area contributed by atoms with Crippen molar-refractivity contribution in [3.05, 3.63) is 9.90 Å². The molecule has 2 unspecified atom stereocenters. The molecule has 1 N–H and O–H groups in total. The minimum absolute atomic E-state index is 0.0535. The topological polar surface area (TPSA) is 81.0 Å². The lowest BCUT2D eigenvalue weighted by Gasteiger charge is -2.33. The molecule has 3 atom stereocenters. The number of nitrogens with one attached hydrogen (secondary N) is 1. The number of fused-ring (bicyclic) bond motifs is 2. The maximum absolute atomic E-state index is 12.2. The van der Waals surface area contributed by atoms with Crippen molar-refractivity contribution < 1.29 is 14.3 Å². The second-order valence-corrected chi connectivity index (χ2v) is 9.72. The van der Waals surface area contributed by atoms with Gasteiger partial charge in [0.2, 0.25) is 10.1 Å². The molecule has 2 saturated heterocycles. The van der Waals surface area contributed by atoms with E-state index in [0.29, 0.717) is 6.61 Å². The van der Waals surface area contributed by atoms with Gasteiger partial charge < -0.3 is 19.7 Å². The summed E-state index contributed by atoms with van der Waals surface area (Å²) in [6, 6.07) is 0.0535. The van der Waals surface area contributed by atoms with E-state index in [2.05, 4.69) is 42.9 Å². The Kier molecular flexibility index (Phi) is 4.76. The van der Waals surface area contributed by atoms with Gasteiger partial charge in [-0.15, -0.1) is 5.10 Å². The van der Waals surface area contributed by atoms with Crippen molar-refractivity contribution in [2.24, 2.45) is 5.92 Å². The van der Waals surface area contributed by atoms with E-state index in [9.17, 15) is 4.79 Å². The Morgan fingerprint density at radius 3 is 3.00 bits per heavy atom. The fourth-order valence-corrected chi connectivity index (χ4v) is 5.04. The molecule has 0 saturated carbocycles. The SMILES string of the molecule is CC(C)(C)OC(=O)N[C@H]1CCOC2CN(c3nn4c(I)cnc4s3)CC21. The highest BCUT2D eigenvalue weighted by atomic mass is 127. The molecule has 2 fully saturated rings. The molecule has 0 aliphatic carbocycles. The molecule has 0 spiro atoms. The van der Waals surface area contributed by atoms with Gasteiger partial charge in [-0.25, -0.2) is 9.78 Å². The van der Waals surface area contributed by atoms with E-state index in [0.717, 1.165) is 33.3 Å². The number of imidazole rings is 1. The monoisotopic (exact) mass is 491 g/mol. The summed E-state index contributed by atoms with van der Waals surface area (Å²) in [5, 5.41) is 8.66. The number of rotatable bonds is 2. The van der Waals surface area contributed by atoms with Crippen molar-refractivity contribution in [1.29, 1.82) is 0 Å². The van der Waals surface area contributed by atoms with Gasteiger partial charge in [0.1, 0.15) is 9.30 Å². The van der Waals surface area contributed by atoms with Gasteiger partial charge in [0, 0.05) is 31.7 Å². The van der Waals surface area contributed by atoms with Crippen molar-refractivity contribution in [3.63, 3.8) is 0 Å². The third kappa shape index (κ3) is 3.63. The molecule has 8 nitrogen and oxygen atoms in total. The Hall–Kier alpha value is -1.14. The van der Waals surface area contributed by atoms with Gasteiger partial charge in [-0.05, 0) is 49.8 Å². The van der Waals surface area contributed by atoms with Crippen LogP contribution >= 0.6 is 33.9 Å². The number of ether oxygens (including phenoxy) is 2. The Bertz CT molecular complexity index is 817. The van der Waals surface area contributed by atoms with Gasteiger partial charge in [0.05, 0.1) is 12.3 Å². The van der Waals surface area contributed by atoms with E-state index in [-0.39, 0.29) is 24.2 Å². The first-order chi connectivity index (χ1) is 12.3. The minimum atomic E-state index is -0.497. The molecule has 0 radical (unpaired) electrons. The Balaban J connectivity index is 1.46. The minimum Gasteiger partial charge on any atom is -0.444 e. The second kappa shape index (κ2) is 6.79. The molecule has 0 aromatic carbocycles. The van der Waals surface area contributed by atoms with Crippen LogP contribution in [-0.2, 0) is 9.47 Å². The lowest BCUT2D eigenvalue weighted by atomic mass is 9.92. The summed E-state index contributed by atoms with van der Waals surface area (Å²) in [5.74, 6) is 0.228. The summed E-state index contributed by atoms with van der Waals surface area (Å²) in [6.45, 7) is 7.85. The molecule has 2 aromatic rings. The number of carbonyl (C=O) groups excluding carboxylic acids is 1. The van der Waals surface area contributed by atoms with Crippen LogP contribution in [0.4, 0.5) is 9.93 Å². The van der Waals surface area contributed by atoms with E-state index < -0.39 is 5.60 Å². The molecule has 2 aliphatic rings. The van der Waals surface area contributed by atoms with Crippen LogP contribution in [0.15, 0.2) is 6.20 Å². The summed E-state index contributed by atoms with van der Waals surface area (Å²) in [5.41, 5.74) is -0.497. The third-order valence-corrected chi connectivity index (χ3v) is 6.31. The van der Waals surface area contributed by atoms with E-state index in [1.807, 2.05) is 31.5 Å². The molecule has 2 aromatic heterocycles. The lowest BCUT2D eigenvalue weighted by molar-refractivity contribution is -0.0200. The molecular weight excluding hydrogens is 469 g/mol. The number of carbonyl (C=O) groups is 1. The fraction of sp³-hybridized carbons (Fsp3) is 0.688. The normalized spacial score (nSPS) is 26.2. The van der Waals surface area contributed by atoms with Crippen molar-refractivity contribution in [1.82, 2.24) is 19.9 Å². The van der Waals surface area contributed by atoms with E-state index in [1.165, 1.54) is 0 Å². The summed E-state index contributed by atoms with van der Waals surface area (Å²) in [7, 11) is 0. The number of hydrogen-bond acceptors (Lipinski definition) is 7. The second-order valence-electron chi connectivity index (χ2n) is 7.68. The summed E-state index contributed by atoms with van der Waals surface area (Å²) in [6.07, 6.45) is 2.35. The van der Waals surface area contributed by atoms with E-state index in [1.54, 1.807) is 11.3 Å². The summed E-state index contributed by atoms with van der Waals surface area (Å²) >= 11 is 3.81. The van der Waals surface area contributed by atoms with Crippen LogP contribution in [0.25, 0.3) is 4.96 Å². The van der Waals surface area contributed by atoms with Gasteiger partial charge in [-0.1, -0.05) is 11.3 Å². The molecule has 26 heavy (non-hydrogen) atoms. The van der Waals surface area contributed by atoms with Gasteiger partial charge in [-0.3, -0.25) is 0 Å². The molecule has 142 valence electrons. The smallest absolute Gasteiger partial charge is 0.407 e. The van der Waals surface area contributed by atoms with Gasteiger partial charge in [-0.2, -0.15) is 4.52 Å². The molecule has 1 amide bonds. The van der Waals surface area contributed by atoms with Crippen LogP contribution < -0.4 is 10.2 Å². The zero-order chi connectivity index (χ0) is 18.5. The number of anilines is 1. The summed E-state index contributed by atoms with van der Waals surface area (Å²) < 4.78 is 14.2. The number of aromatic nitrogens is 3. The lowest BCUT2D eigenvalue weighted by Crippen LogP contribution is -2.50. The maximum atomic E-state index is 12.2. The number of nitrogens with zero attached hydrogens (tertiary/aromatic N) is 4. The molecule has 2 aliphatic heterocycles. The van der Waals surface area contributed by atoms with Crippen LogP contribution in [0.5, 0.6) is 0 Å². The zero-order valence-corrected chi connectivity index (χ0v) is 17.9. The quantitative estimate of drug-likeness (QED) is 0.651. The largest absolute Gasteiger partial charge is 0.444 e. The Labute approximate surface area is 169 Å². The van der Waals surface area contributed by atoms with Gasteiger partial charge in [0.15, 0.2) is 0 Å². The Morgan fingerprint density at radius 2 is 2.27 bits per heavy atom. The van der Waals surface area contributed by atoms with Crippen molar-refractivity contribution in [2.75, 3.05) is 24.6 Å². The first-order valence-electron chi connectivity index (χ1n) is 8.66. The van der Waals surface area contributed by atoms with Gasteiger partial charge >= 0.3 is 6.09 Å². The predicted molar refractivity (Wildman–Crippen MR) is 107 cm³/mol.